The van der Waals surface area contributed by atoms with E-state index in [9.17, 15) is 4.79 Å². The molecule has 0 aliphatic carbocycles. The molecule has 0 bridgehead atoms. The first-order chi connectivity index (χ1) is 10.2. The molecule has 2 aromatic rings. The van der Waals surface area contributed by atoms with Crippen molar-refractivity contribution < 1.29 is 4.79 Å². The molecule has 0 saturated carbocycles. The maximum Gasteiger partial charge on any atom is 0.244 e. The molecule has 0 saturated heterocycles. The van der Waals surface area contributed by atoms with Crippen LogP contribution in [0.3, 0.4) is 0 Å². The average Bonchev–Trinajstić information content (AvgIpc) is 3.06. The Hall–Kier alpha value is -2.52. The highest BCUT2D eigenvalue weighted by atomic mass is 32.1. The van der Waals surface area contributed by atoms with Crippen LogP contribution < -0.4 is 16.0 Å². The summed E-state index contributed by atoms with van der Waals surface area (Å²) in [6, 6.07) is 9.58. The molecule has 1 amide bonds. The van der Waals surface area contributed by atoms with Crippen LogP contribution in [0.15, 0.2) is 29.6 Å². The Bertz CT molecular complexity index is 732. The van der Waals surface area contributed by atoms with Crippen molar-refractivity contribution in [3.05, 3.63) is 40.8 Å². The summed E-state index contributed by atoms with van der Waals surface area (Å²) in [7, 11) is 0. The number of nitrogens with one attached hydrogen (secondary N) is 1. The Labute approximate surface area is 126 Å². The van der Waals surface area contributed by atoms with Gasteiger partial charge in [-0.05, 0) is 29.5 Å². The number of benzene rings is 1. The molecule has 2 heterocycles. The number of anilines is 3. The molecule has 0 atom stereocenters. The van der Waals surface area contributed by atoms with Gasteiger partial charge in [-0.25, -0.2) is 0 Å². The Morgan fingerprint density at radius 2 is 2.33 bits per heavy atom. The maximum absolute atomic E-state index is 12.2. The van der Waals surface area contributed by atoms with Gasteiger partial charge in [-0.2, -0.15) is 5.26 Å². The summed E-state index contributed by atoms with van der Waals surface area (Å²) in [5.41, 5.74) is 9.34. The number of nitrogens with two attached hydrogens (primary N) is 1. The summed E-state index contributed by atoms with van der Waals surface area (Å²) in [4.78, 5) is 14.1. The van der Waals surface area contributed by atoms with E-state index in [1.54, 1.807) is 11.4 Å². The van der Waals surface area contributed by atoms with Gasteiger partial charge in [0, 0.05) is 6.54 Å². The summed E-state index contributed by atoms with van der Waals surface area (Å²) in [5, 5.41) is 14.1. The molecule has 5 nitrogen and oxygen atoms in total. The second-order valence-electron chi connectivity index (χ2n) is 4.85. The lowest BCUT2D eigenvalue weighted by atomic mass is 10.1. The monoisotopic (exact) mass is 298 g/mol. The zero-order chi connectivity index (χ0) is 14.8. The number of nitrogen functional groups attached to an aromatic ring is 1. The van der Waals surface area contributed by atoms with Gasteiger partial charge in [0.05, 0.1) is 23.5 Å². The van der Waals surface area contributed by atoms with Gasteiger partial charge in [0.1, 0.15) is 11.1 Å². The molecule has 1 aliphatic heterocycles. The number of hydrogen-bond acceptors (Lipinski definition) is 5. The normalized spacial score (nSPS) is 12.8. The van der Waals surface area contributed by atoms with Crippen molar-refractivity contribution in [1.29, 1.82) is 5.26 Å². The molecular weight excluding hydrogens is 284 g/mol. The first-order valence-corrected chi connectivity index (χ1v) is 7.47. The molecule has 0 fully saturated rings. The predicted molar refractivity (Wildman–Crippen MR) is 84.4 cm³/mol. The number of carbonyl (C=O) groups excluding carboxylic acids is 1. The molecule has 0 spiro atoms. The summed E-state index contributed by atoms with van der Waals surface area (Å²) in [5.74, 6) is -0.134. The van der Waals surface area contributed by atoms with Gasteiger partial charge in [-0.3, -0.25) is 4.79 Å². The number of amides is 1. The van der Waals surface area contributed by atoms with Crippen LogP contribution in [0.2, 0.25) is 0 Å². The number of carbonyl (C=O) groups is 1. The number of nitrogens with zero attached hydrogens (tertiary/aromatic N) is 2. The molecule has 1 aliphatic rings. The van der Waals surface area contributed by atoms with E-state index in [1.807, 2.05) is 23.1 Å². The van der Waals surface area contributed by atoms with E-state index in [1.165, 1.54) is 16.9 Å². The van der Waals surface area contributed by atoms with Gasteiger partial charge in [-0.15, -0.1) is 11.3 Å². The van der Waals surface area contributed by atoms with E-state index in [0.717, 1.165) is 18.7 Å². The molecule has 21 heavy (non-hydrogen) atoms. The number of thiophene rings is 1. The molecule has 1 aromatic heterocycles. The molecule has 3 rings (SSSR count). The standard InChI is InChI=1S/C15H14N4OS/c16-8-11-5-7-21-15(11)18-13(20)9-19-6-4-10-2-1-3-12(17)14(10)19/h1-3,5,7H,4,6,9,17H2,(H,18,20). The fourth-order valence-corrected chi connectivity index (χ4v) is 3.31. The lowest BCUT2D eigenvalue weighted by Gasteiger charge is -2.20. The van der Waals surface area contributed by atoms with Gasteiger partial charge in [0.25, 0.3) is 0 Å². The van der Waals surface area contributed by atoms with Crippen LogP contribution in [0, 0.1) is 11.3 Å². The molecule has 0 radical (unpaired) electrons. The number of nitriles is 1. The quantitative estimate of drug-likeness (QED) is 0.851. The van der Waals surface area contributed by atoms with E-state index >= 15 is 0 Å². The lowest BCUT2D eigenvalue weighted by molar-refractivity contribution is -0.114. The van der Waals surface area contributed by atoms with Crippen LogP contribution in [-0.2, 0) is 11.2 Å². The lowest BCUT2D eigenvalue weighted by Crippen LogP contribution is -2.32. The van der Waals surface area contributed by atoms with Gasteiger partial charge in [0.2, 0.25) is 5.91 Å². The Morgan fingerprint density at radius 1 is 1.48 bits per heavy atom. The van der Waals surface area contributed by atoms with Crippen molar-refractivity contribution in [2.24, 2.45) is 0 Å². The molecular formula is C15H14N4OS. The second-order valence-corrected chi connectivity index (χ2v) is 5.77. The fraction of sp³-hybridized carbons (Fsp3) is 0.200. The third kappa shape index (κ3) is 2.56. The summed E-state index contributed by atoms with van der Waals surface area (Å²) >= 11 is 1.35. The van der Waals surface area contributed by atoms with E-state index in [-0.39, 0.29) is 12.5 Å². The molecule has 3 N–H and O–H groups in total. The zero-order valence-electron chi connectivity index (χ0n) is 11.3. The number of rotatable bonds is 3. The van der Waals surface area contributed by atoms with E-state index < -0.39 is 0 Å². The third-order valence-corrected chi connectivity index (χ3v) is 4.32. The summed E-state index contributed by atoms with van der Waals surface area (Å²) in [6.45, 7) is 1.02. The summed E-state index contributed by atoms with van der Waals surface area (Å²) in [6.07, 6.45) is 0.899. The molecule has 0 unspecified atom stereocenters. The van der Waals surface area contributed by atoms with E-state index in [2.05, 4.69) is 11.4 Å². The topological polar surface area (TPSA) is 82.2 Å². The van der Waals surface area contributed by atoms with Crippen molar-refractivity contribution in [2.75, 3.05) is 29.0 Å². The predicted octanol–water partition coefficient (Wildman–Crippen LogP) is 2.20. The number of para-hydroxylation sites is 1. The van der Waals surface area contributed by atoms with Crippen LogP contribution in [0.25, 0.3) is 0 Å². The Morgan fingerprint density at radius 3 is 3.14 bits per heavy atom. The van der Waals surface area contributed by atoms with Gasteiger partial charge < -0.3 is 16.0 Å². The first-order valence-electron chi connectivity index (χ1n) is 6.59. The minimum absolute atomic E-state index is 0.134. The van der Waals surface area contributed by atoms with Crippen molar-refractivity contribution in [3.8, 4) is 6.07 Å². The zero-order valence-corrected chi connectivity index (χ0v) is 12.1. The van der Waals surface area contributed by atoms with Crippen LogP contribution >= 0.6 is 11.3 Å². The highest BCUT2D eigenvalue weighted by Gasteiger charge is 2.23. The van der Waals surface area contributed by atoms with Crippen molar-refractivity contribution in [1.82, 2.24) is 0 Å². The van der Waals surface area contributed by atoms with Crippen molar-refractivity contribution in [3.63, 3.8) is 0 Å². The summed E-state index contributed by atoms with van der Waals surface area (Å²) < 4.78 is 0. The van der Waals surface area contributed by atoms with E-state index in [4.69, 9.17) is 11.0 Å². The van der Waals surface area contributed by atoms with Crippen LogP contribution in [0.5, 0.6) is 0 Å². The molecule has 1 aromatic carbocycles. The van der Waals surface area contributed by atoms with Gasteiger partial charge in [-0.1, -0.05) is 12.1 Å². The first kappa shape index (κ1) is 13.5. The molecule has 106 valence electrons. The number of hydrogen-bond donors (Lipinski definition) is 2. The van der Waals surface area contributed by atoms with Crippen molar-refractivity contribution in [2.45, 2.75) is 6.42 Å². The maximum atomic E-state index is 12.2. The van der Waals surface area contributed by atoms with Gasteiger partial charge in [0.15, 0.2) is 0 Å². The fourth-order valence-electron chi connectivity index (χ4n) is 2.56. The molecule has 6 heteroatoms. The van der Waals surface area contributed by atoms with Crippen molar-refractivity contribution >= 4 is 33.6 Å². The average molecular weight is 298 g/mol. The highest BCUT2D eigenvalue weighted by molar-refractivity contribution is 7.14. The Kier molecular flexibility index (Phi) is 3.50. The second kappa shape index (κ2) is 5.46. The minimum Gasteiger partial charge on any atom is -0.397 e. The van der Waals surface area contributed by atoms with Crippen LogP contribution in [0.1, 0.15) is 11.1 Å². The SMILES string of the molecule is N#Cc1ccsc1NC(=O)CN1CCc2cccc(N)c21. The third-order valence-electron chi connectivity index (χ3n) is 3.49. The van der Waals surface area contributed by atoms with Crippen LogP contribution in [0.4, 0.5) is 16.4 Å². The highest BCUT2D eigenvalue weighted by Crippen LogP contribution is 2.33. The van der Waals surface area contributed by atoms with E-state index in [0.29, 0.717) is 16.3 Å². The minimum atomic E-state index is -0.134. The van der Waals surface area contributed by atoms with Gasteiger partial charge >= 0.3 is 0 Å². The largest absolute Gasteiger partial charge is 0.397 e. The Balaban J connectivity index is 1.72. The van der Waals surface area contributed by atoms with Crippen LogP contribution in [-0.4, -0.2) is 19.0 Å². The number of fused-ring (bicyclic) bond motifs is 1. The smallest absolute Gasteiger partial charge is 0.244 e.